The third-order valence-corrected chi connectivity index (χ3v) is 2.31. The lowest BCUT2D eigenvalue weighted by atomic mass is 10.1. The van der Waals surface area contributed by atoms with Crippen LogP contribution in [0.4, 0.5) is 5.69 Å². The maximum absolute atomic E-state index is 11.0. The topological polar surface area (TPSA) is 81.5 Å². The van der Waals surface area contributed by atoms with Crippen molar-refractivity contribution in [1.29, 1.82) is 0 Å². The SMILES string of the molecule is CCOC(=O)CNCCc1ccc([N+](=O)[O-])cc1. The van der Waals surface area contributed by atoms with Crippen LogP contribution in [0.3, 0.4) is 0 Å². The summed E-state index contributed by atoms with van der Waals surface area (Å²) in [6, 6.07) is 6.37. The molecular formula is C12H16N2O4. The Balaban J connectivity index is 2.27. The largest absolute Gasteiger partial charge is 0.465 e. The van der Waals surface area contributed by atoms with Gasteiger partial charge in [0.15, 0.2) is 0 Å². The third-order valence-electron chi connectivity index (χ3n) is 2.31. The fraction of sp³-hybridized carbons (Fsp3) is 0.417. The number of hydrogen-bond acceptors (Lipinski definition) is 5. The molecule has 0 heterocycles. The highest BCUT2D eigenvalue weighted by atomic mass is 16.6. The second kappa shape index (κ2) is 7.39. The van der Waals surface area contributed by atoms with Crippen LogP contribution in [-0.4, -0.2) is 30.6 Å². The van der Waals surface area contributed by atoms with E-state index in [2.05, 4.69) is 5.32 Å². The fourth-order valence-electron chi connectivity index (χ4n) is 1.42. The first-order chi connectivity index (χ1) is 8.63. The summed E-state index contributed by atoms with van der Waals surface area (Å²) in [5, 5.41) is 13.4. The van der Waals surface area contributed by atoms with E-state index in [1.807, 2.05) is 0 Å². The zero-order valence-electron chi connectivity index (χ0n) is 10.2. The molecule has 0 spiro atoms. The van der Waals surface area contributed by atoms with Gasteiger partial charge in [0, 0.05) is 12.1 Å². The molecule has 0 aliphatic carbocycles. The van der Waals surface area contributed by atoms with Crippen LogP contribution in [0.2, 0.25) is 0 Å². The molecule has 0 aromatic heterocycles. The van der Waals surface area contributed by atoms with Gasteiger partial charge in [0.25, 0.3) is 5.69 Å². The number of rotatable bonds is 7. The Hall–Kier alpha value is -1.95. The van der Waals surface area contributed by atoms with E-state index in [1.165, 1.54) is 12.1 Å². The number of ether oxygens (including phenoxy) is 1. The van der Waals surface area contributed by atoms with Gasteiger partial charge in [-0.25, -0.2) is 0 Å². The van der Waals surface area contributed by atoms with Crippen molar-refractivity contribution in [1.82, 2.24) is 5.32 Å². The first kappa shape index (κ1) is 14.1. The van der Waals surface area contributed by atoms with E-state index >= 15 is 0 Å². The molecule has 0 aliphatic rings. The molecule has 6 nitrogen and oxygen atoms in total. The van der Waals surface area contributed by atoms with Crippen LogP contribution in [0.15, 0.2) is 24.3 Å². The first-order valence-corrected chi connectivity index (χ1v) is 5.73. The van der Waals surface area contributed by atoms with E-state index in [4.69, 9.17) is 4.74 Å². The average Bonchev–Trinajstić information content (AvgIpc) is 2.35. The van der Waals surface area contributed by atoms with Gasteiger partial charge in [-0.3, -0.25) is 14.9 Å². The third kappa shape index (κ3) is 4.92. The number of benzene rings is 1. The van der Waals surface area contributed by atoms with Gasteiger partial charge in [-0.05, 0) is 25.5 Å². The molecule has 1 aromatic rings. The molecule has 0 saturated heterocycles. The summed E-state index contributed by atoms with van der Waals surface area (Å²) >= 11 is 0. The predicted molar refractivity (Wildman–Crippen MR) is 66.3 cm³/mol. The lowest BCUT2D eigenvalue weighted by Crippen LogP contribution is -2.26. The Morgan fingerprint density at radius 1 is 1.39 bits per heavy atom. The zero-order valence-corrected chi connectivity index (χ0v) is 10.2. The summed E-state index contributed by atoms with van der Waals surface area (Å²) in [7, 11) is 0. The smallest absolute Gasteiger partial charge is 0.319 e. The molecule has 0 unspecified atom stereocenters. The fourth-order valence-corrected chi connectivity index (χ4v) is 1.42. The minimum absolute atomic E-state index is 0.0817. The lowest BCUT2D eigenvalue weighted by molar-refractivity contribution is -0.384. The van der Waals surface area contributed by atoms with Gasteiger partial charge >= 0.3 is 5.97 Å². The van der Waals surface area contributed by atoms with E-state index in [0.717, 1.165) is 5.56 Å². The highest BCUT2D eigenvalue weighted by Crippen LogP contribution is 2.11. The van der Waals surface area contributed by atoms with Crippen molar-refractivity contribution >= 4 is 11.7 Å². The van der Waals surface area contributed by atoms with E-state index in [9.17, 15) is 14.9 Å². The van der Waals surface area contributed by atoms with Crippen LogP contribution >= 0.6 is 0 Å². The molecule has 1 N–H and O–H groups in total. The molecule has 0 saturated carbocycles. The van der Waals surface area contributed by atoms with Crippen molar-refractivity contribution in [2.24, 2.45) is 0 Å². The standard InChI is InChI=1S/C12H16N2O4/c1-2-18-12(15)9-13-8-7-10-3-5-11(6-4-10)14(16)17/h3-6,13H,2,7-9H2,1H3. The van der Waals surface area contributed by atoms with Gasteiger partial charge in [-0.15, -0.1) is 0 Å². The number of carbonyl (C=O) groups is 1. The van der Waals surface area contributed by atoms with Gasteiger partial charge in [0.2, 0.25) is 0 Å². The molecule has 1 rings (SSSR count). The quantitative estimate of drug-likeness (QED) is 0.342. The molecule has 0 bridgehead atoms. The minimum atomic E-state index is -0.428. The number of nitro benzene ring substituents is 1. The second-order valence-corrected chi connectivity index (χ2v) is 3.66. The monoisotopic (exact) mass is 252 g/mol. The Morgan fingerprint density at radius 3 is 2.61 bits per heavy atom. The number of esters is 1. The van der Waals surface area contributed by atoms with E-state index in [-0.39, 0.29) is 18.2 Å². The second-order valence-electron chi connectivity index (χ2n) is 3.66. The van der Waals surface area contributed by atoms with Gasteiger partial charge < -0.3 is 10.1 Å². The molecule has 1 aromatic carbocycles. The average molecular weight is 252 g/mol. The van der Waals surface area contributed by atoms with Crippen molar-refractivity contribution in [3.8, 4) is 0 Å². The highest BCUT2D eigenvalue weighted by molar-refractivity contribution is 5.71. The van der Waals surface area contributed by atoms with Crippen molar-refractivity contribution in [3.05, 3.63) is 39.9 Å². The molecule has 18 heavy (non-hydrogen) atoms. The number of nitrogens with one attached hydrogen (secondary N) is 1. The Kier molecular flexibility index (Phi) is 5.79. The number of non-ortho nitro benzene ring substituents is 1. The van der Waals surface area contributed by atoms with E-state index < -0.39 is 4.92 Å². The van der Waals surface area contributed by atoms with Crippen LogP contribution in [0.5, 0.6) is 0 Å². The minimum Gasteiger partial charge on any atom is -0.465 e. The van der Waals surface area contributed by atoms with Crippen molar-refractivity contribution in [3.63, 3.8) is 0 Å². The Bertz CT molecular complexity index is 403. The van der Waals surface area contributed by atoms with Gasteiger partial charge in [0.1, 0.15) is 0 Å². The van der Waals surface area contributed by atoms with Gasteiger partial charge in [-0.1, -0.05) is 12.1 Å². The Labute approximate surface area is 105 Å². The van der Waals surface area contributed by atoms with Crippen molar-refractivity contribution in [2.75, 3.05) is 19.7 Å². The molecule has 98 valence electrons. The summed E-state index contributed by atoms with van der Waals surface area (Å²) in [4.78, 5) is 21.0. The van der Waals surface area contributed by atoms with Gasteiger partial charge in [0.05, 0.1) is 18.1 Å². The molecule has 0 aliphatic heterocycles. The number of hydrogen-bond donors (Lipinski definition) is 1. The summed E-state index contributed by atoms with van der Waals surface area (Å²) < 4.78 is 4.76. The van der Waals surface area contributed by atoms with Crippen molar-refractivity contribution < 1.29 is 14.5 Å². The molecule has 0 radical (unpaired) electrons. The number of nitrogens with zero attached hydrogens (tertiary/aromatic N) is 1. The van der Waals surface area contributed by atoms with Crippen LogP contribution in [0, 0.1) is 10.1 Å². The van der Waals surface area contributed by atoms with E-state index in [0.29, 0.717) is 19.6 Å². The lowest BCUT2D eigenvalue weighted by Gasteiger charge is -2.04. The van der Waals surface area contributed by atoms with Crippen LogP contribution in [0.25, 0.3) is 0 Å². The van der Waals surface area contributed by atoms with Crippen LogP contribution < -0.4 is 5.32 Å². The number of nitro groups is 1. The number of carbonyl (C=O) groups excluding carboxylic acids is 1. The van der Waals surface area contributed by atoms with Gasteiger partial charge in [-0.2, -0.15) is 0 Å². The Morgan fingerprint density at radius 2 is 2.06 bits per heavy atom. The molecular weight excluding hydrogens is 236 g/mol. The summed E-state index contributed by atoms with van der Waals surface area (Å²) in [6.07, 6.45) is 0.706. The van der Waals surface area contributed by atoms with E-state index in [1.54, 1.807) is 19.1 Å². The zero-order chi connectivity index (χ0) is 13.4. The first-order valence-electron chi connectivity index (χ1n) is 5.73. The van der Waals surface area contributed by atoms with Crippen molar-refractivity contribution in [2.45, 2.75) is 13.3 Å². The maximum Gasteiger partial charge on any atom is 0.319 e. The van der Waals surface area contributed by atoms with Crippen LogP contribution in [-0.2, 0) is 16.0 Å². The molecule has 6 heteroatoms. The predicted octanol–water partition coefficient (Wildman–Crippen LogP) is 1.29. The summed E-state index contributed by atoms with van der Waals surface area (Å²) in [6.45, 7) is 2.94. The normalized spacial score (nSPS) is 10.1. The highest BCUT2D eigenvalue weighted by Gasteiger charge is 2.04. The summed E-state index contributed by atoms with van der Waals surface area (Å²) in [5.74, 6) is -0.277. The molecule has 0 amide bonds. The molecule has 0 atom stereocenters. The maximum atomic E-state index is 11.0. The summed E-state index contributed by atoms with van der Waals surface area (Å²) in [5.41, 5.74) is 1.06. The molecule has 0 fully saturated rings. The van der Waals surface area contributed by atoms with Crippen LogP contribution in [0.1, 0.15) is 12.5 Å².